The first kappa shape index (κ1) is 10.7. The molecule has 0 saturated heterocycles. The molecule has 2 atom stereocenters. The van der Waals surface area contributed by atoms with Gasteiger partial charge in [0.15, 0.2) is 0 Å². The molecule has 84 valence electrons. The number of aromatic nitrogens is 2. The predicted octanol–water partition coefficient (Wildman–Crippen LogP) is 1.90. The second-order valence-electron chi connectivity index (χ2n) is 4.60. The van der Waals surface area contributed by atoms with Crippen molar-refractivity contribution in [1.29, 1.82) is 0 Å². The maximum atomic E-state index is 9.84. The molecule has 1 heterocycles. The van der Waals surface area contributed by atoms with Gasteiger partial charge in [0.05, 0.1) is 6.10 Å². The Labute approximate surface area is 91.1 Å². The zero-order valence-corrected chi connectivity index (χ0v) is 9.39. The molecular formula is C12H20N2O. The van der Waals surface area contributed by atoms with Gasteiger partial charge in [-0.05, 0) is 37.7 Å². The lowest BCUT2D eigenvalue weighted by atomic mass is 9.83. The van der Waals surface area contributed by atoms with Crippen LogP contribution in [0, 0.1) is 5.92 Å². The summed E-state index contributed by atoms with van der Waals surface area (Å²) in [7, 11) is 1.98. The number of aliphatic hydroxyl groups is 1. The van der Waals surface area contributed by atoms with E-state index in [-0.39, 0.29) is 6.10 Å². The Morgan fingerprint density at radius 2 is 2.27 bits per heavy atom. The Morgan fingerprint density at radius 1 is 1.47 bits per heavy atom. The molecule has 1 fully saturated rings. The first-order valence-corrected chi connectivity index (χ1v) is 5.92. The van der Waals surface area contributed by atoms with E-state index in [0.717, 1.165) is 19.3 Å². The van der Waals surface area contributed by atoms with Gasteiger partial charge in [0.25, 0.3) is 0 Å². The second kappa shape index (κ2) is 4.79. The maximum Gasteiger partial charge on any atom is 0.0568 e. The monoisotopic (exact) mass is 208 g/mol. The van der Waals surface area contributed by atoms with Crippen LogP contribution < -0.4 is 0 Å². The van der Waals surface area contributed by atoms with Crippen molar-refractivity contribution in [2.24, 2.45) is 13.0 Å². The third kappa shape index (κ3) is 2.59. The average Bonchev–Trinajstić information content (AvgIpc) is 2.63. The number of hydrogen-bond donors (Lipinski definition) is 1. The Balaban J connectivity index is 1.84. The van der Waals surface area contributed by atoms with Crippen molar-refractivity contribution in [3.05, 3.63) is 18.0 Å². The summed E-state index contributed by atoms with van der Waals surface area (Å²) in [5, 5.41) is 14.0. The van der Waals surface area contributed by atoms with Crippen molar-refractivity contribution in [3.8, 4) is 0 Å². The third-order valence-corrected chi connectivity index (χ3v) is 3.56. The van der Waals surface area contributed by atoms with Crippen LogP contribution in [0.2, 0.25) is 0 Å². The Hall–Kier alpha value is -0.830. The minimum absolute atomic E-state index is 0.0630. The standard InChI is InChI=1S/C12H20N2O/c1-14-11(8-9-13-14)7-6-10-4-2-3-5-12(10)15/h8-10,12,15H,2-7H2,1H3. The molecule has 1 N–H and O–H groups in total. The number of aliphatic hydroxyl groups excluding tert-OH is 1. The fourth-order valence-corrected chi connectivity index (χ4v) is 2.50. The number of aryl methyl sites for hydroxylation is 2. The van der Waals surface area contributed by atoms with Crippen LogP contribution in [-0.2, 0) is 13.5 Å². The highest BCUT2D eigenvalue weighted by atomic mass is 16.3. The molecule has 0 spiro atoms. The first-order chi connectivity index (χ1) is 7.27. The molecule has 2 rings (SSSR count). The van der Waals surface area contributed by atoms with Crippen LogP contribution >= 0.6 is 0 Å². The van der Waals surface area contributed by atoms with Crippen molar-refractivity contribution in [3.63, 3.8) is 0 Å². The number of hydrogen-bond acceptors (Lipinski definition) is 2. The SMILES string of the molecule is Cn1nccc1CCC1CCCCC1O. The van der Waals surface area contributed by atoms with Crippen LogP contribution in [0.1, 0.15) is 37.8 Å². The number of nitrogens with zero attached hydrogens (tertiary/aromatic N) is 2. The quantitative estimate of drug-likeness (QED) is 0.824. The normalized spacial score (nSPS) is 26.8. The van der Waals surface area contributed by atoms with Crippen LogP contribution in [0.25, 0.3) is 0 Å². The van der Waals surface area contributed by atoms with E-state index in [4.69, 9.17) is 0 Å². The molecule has 1 aliphatic rings. The van der Waals surface area contributed by atoms with E-state index in [0.29, 0.717) is 5.92 Å². The Kier molecular flexibility index (Phi) is 3.41. The highest BCUT2D eigenvalue weighted by Crippen LogP contribution is 2.27. The van der Waals surface area contributed by atoms with Gasteiger partial charge >= 0.3 is 0 Å². The lowest BCUT2D eigenvalue weighted by Crippen LogP contribution is -2.25. The summed E-state index contributed by atoms with van der Waals surface area (Å²) in [5.74, 6) is 0.508. The zero-order valence-electron chi connectivity index (χ0n) is 9.39. The summed E-state index contributed by atoms with van der Waals surface area (Å²) in [6.45, 7) is 0. The van der Waals surface area contributed by atoms with E-state index in [1.807, 2.05) is 17.9 Å². The molecule has 3 nitrogen and oxygen atoms in total. The van der Waals surface area contributed by atoms with Crippen molar-refractivity contribution in [2.75, 3.05) is 0 Å². The lowest BCUT2D eigenvalue weighted by Gasteiger charge is -2.27. The molecule has 0 aliphatic heterocycles. The van der Waals surface area contributed by atoms with Gasteiger partial charge in [-0.2, -0.15) is 5.10 Å². The Morgan fingerprint density at radius 3 is 2.93 bits per heavy atom. The van der Waals surface area contributed by atoms with Crippen molar-refractivity contribution < 1.29 is 5.11 Å². The summed E-state index contributed by atoms with van der Waals surface area (Å²) < 4.78 is 1.93. The summed E-state index contributed by atoms with van der Waals surface area (Å²) in [5.41, 5.74) is 1.27. The van der Waals surface area contributed by atoms with Crippen LogP contribution in [0.15, 0.2) is 12.3 Å². The minimum atomic E-state index is -0.0630. The van der Waals surface area contributed by atoms with E-state index in [2.05, 4.69) is 11.2 Å². The average molecular weight is 208 g/mol. The van der Waals surface area contributed by atoms with Crippen LogP contribution in [0.3, 0.4) is 0 Å². The first-order valence-electron chi connectivity index (χ1n) is 5.92. The van der Waals surface area contributed by atoms with Crippen LogP contribution in [0.5, 0.6) is 0 Å². The van der Waals surface area contributed by atoms with Gasteiger partial charge in [-0.25, -0.2) is 0 Å². The summed E-state index contributed by atoms with van der Waals surface area (Å²) in [4.78, 5) is 0. The van der Waals surface area contributed by atoms with E-state index >= 15 is 0 Å². The topological polar surface area (TPSA) is 38.0 Å². The summed E-state index contributed by atoms with van der Waals surface area (Å²) >= 11 is 0. The predicted molar refractivity (Wildman–Crippen MR) is 59.5 cm³/mol. The van der Waals surface area contributed by atoms with Crippen molar-refractivity contribution in [1.82, 2.24) is 9.78 Å². The molecular weight excluding hydrogens is 188 g/mol. The molecule has 0 amide bonds. The van der Waals surface area contributed by atoms with Gasteiger partial charge in [-0.15, -0.1) is 0 Å². The smallest absolute Gasteiger partial charge is 0.0568 e. The molecule has 3 heteroatoms. The van der Waals surface area contributed by atoms with E-state index < -0.39 is 0 Å². The fourth-order valence-electron chi connectivity index (χ4n) is 2.50. The van der Waals surface area contributed by atoms with E-state index in [1.165, 1.54) is 25.0 Å². The molecule has 1 saturated carbocycles. The molecule has 1 aliphatic carbocycles. The molecule has 15 heavy (non-hydrogen) atoms. The molecule has 1 aromatic heterocycles. The zero-order chi connectivity index (χ0) is 10.7. The summed E-state index contributed by atoms with van der Waals surface area (Å²) in [6, 6.07) is 2.06. The van der Waals surface area contributed by atoms with Crippen LogP contribution in [-0.4, -0.2) is 21.0 Å². The van der Waals surface area contributed by atoms with E-state index in [1.54, 1.807) is 0 Å². The van der Waals surface area contributed by atoms with Gasteiger partial charge in [0.2, 0.25) is 0 Å². The van der Waals surface area contributed by atoms with Gasteiger partial charge in [0, 0.05) is 18.9 Å². The fraction of sp³-hybridized carbons (Fsp3) is 0.750. The summed E-state index contributed by atoms with van der Waals surface area (Å²) in [6.07, 6.45) is 8.59. The largest absolute Gasteiger partial charge is 0.393 e. The third-order valence-electron chi connectivity index (χ3n) is 3.56. The van der Waals surface area contributed by atoms with Gasteiger partial charge in [0.1, 0.15) is 0 Å². The highest BCUT2D eigenvalue weighted by molar-refractivity contribution is 5.00. The lowest BCUT2D eigenvalue weighted by molar-refractivity contribution is 0.0653. The van der Waals surface area contributed by atoms with Gasteiger partial charge in [-0.1, -0.05) is 12.8 Å². The van der Waals surface area contributed by atoms with Crippen molar-refractivity contribution in [2.45, 2.75) is 44.6 Å². The van der Waals surface area contributed by atoms with Gasteiger partial charge in [-0.3, -0.25) is 4.68 Å². The molecule has 0 radical (unpaired) electrons. The van der Waals surface area contributed by atoms with Gasteiger partial charge < -0.3 is 5.11 Å². The van der Waals surface area contributed by atoms with E-state index in [9.17, 15) is 5.11 Å². The highest BCUT2D eigenvalue weighted by Gasteiger charge is 2.22. The molecule has 0 bridgehead atoms. The maximum absolute atomic E-state index is 9.84. The minimum Gasteiger partial charge on any atom is -0.393 e. The number of rotatable bonds is 3. The second-order valence-corrected chi connectivity index (χ2v) is 4.60. The Bertz CT molecular complexity index is 308. The van der Waals surface area contributed by atoms with Crippen LogP contribution in [0.4, 0.5) is 0 Å². The molecule has 2 unspecified atom stereocenters. The molecule has 0 aromatic carbocycles. The molecule has 1 aromatic rings. The van der Waals surface area contributed by atoms with Crippen molar-refractivity contribution >= 4 is 0 Å².